The van der Waals surface area contributed by atoms with E-state index in [0.29, 0.717) is 40.9 Å². The van der Waals surface area contributed by atoms with Gasteiger partial charge in [0, 0.05) is 46.8 Å². The largest absolute Gasteiger partial charge is 0.464 e. The zero-order valence-corrected chi connectivity index (χ0v) is 21.5. The van der Waals surface area contributed by atoms with E-state index < -0.39 is 17.3 Å². The van der Waals surface area contributed by atoms with Crippen molar-refractivity contribution in [1.82, 2.24) is 9.88 Å². The van der Waals surface area contributed by atoms with Crippen molar-refractivity contribution in [3.63, 3.8) is 0 Å². The number of esters is 1. The fourth-order valence-electron chi connectivity index (χ4n) is 4.24. The summed E-state index contributed by atoms with van der Waals surface area (Å²) in [6, 6.07) is 11.9. The van der Waals surface area contributed by atoms with Crippen molar-refractivity contribution in [2.75, 3.05) is 13.1 Å². The average molecular weight is 513 g/mol. The van der Waals surface area contributed by atoms with E-state index in [0.717, 1.165) is 0 Å². The average Bonchev–Trinajstić information content (AvgIpc) is 2.82. The van der Waals surface area contributed by atoms with Gasteiger partial charge < -0.3 is 18.8 Å². The number of carbonyl (C=O) groups is 2. The Morgan fingerprint density at radius 1 is 1.17 bits per heavy atom. The standard InChI is InChI=1S/C27H29ClN2O6/c1-16(25(32)30-13-7-8-17(15-30)26(33)36-27(2,3)4)34-22-12-11-19-20(14-23(31)35-24(19)29-22)18-9-5-6-10-21(18)28/h5-6,9-12,14,16-17H,7-8,13,15H2,1-4H3/t16?,17-/m0/s1. The van der Waals surface area contributed by atoms with Crippen LogP contribution in [0.2, 0.25) is 5.02 Å². The smallest absolute Gasteiger partial charge is 0.338 e. The van der Waals surface area contributed by atoms with Gasteiger partial charge in [0.05, 0.1) is 5.92 Å². The maximum absolute atomic E-state index is 13.1. The third kappa shape index (κ3) is 5.87. The summed E-state index contributed by atoms with van der Waals surface area (Å²) in [7, 11) is 0. The fourth-order valence-corrected chi connectivity index (χ4v) is 4.48. The SMILES string of the molecule is CC(Oc1ccc2c(-c3ccccc3Cl)cc(=O)oc2n1)C(=O)N1CCC[C@H](C(=O)OC(C)(C)C)C1. The second-order valence-corrected chi connectivity index (χ2v) is 10.3. The van der Waals surface area contributed by atoms with Gasteiger partial charge in [-0.3, -0.25) is 9.59 Å². The summed E-state index contributed by atoms with van der Waals surface area (Å²) < 4.78 is 16.6. The lowest BCUT2D eigenvalue weighted by Gasteiger charge is -2.34. The number of amides is 1. The molecule has 1 aliphatic heterocycles. The number of hydrogen-bond donors (Lipinski definition) is 0. The molecule has 190 valence electrons. The molecule has 3 aromatic rings. The van der Waals surface area contributed by atoms with Crippen LogP contribution in [0.3, 0.4) is 0 Å². The number of ether oxygens (including phenoxy) is 2. The minimum absolute atomic E-state index is 0.0810. The molecule has 1 aliphatic rings. The molecule has 1 aromatic carbocycles. The van der Waals surface area contributed by atoms with E-state index in [2.05, 4.69) is 4.98 Å². The molecule has 2 aromatic heterocycles. The van der Waals surface area contributed by atoms with Gasteiger partial charge in [-0.15, -0.1) is 0 Å². The van der Waals surface area contributed by atoms with Crippen molar-refractivity contribution in [1.29, 1.82) is 0 Å². The van der Waals surface area contributed by atoms with Crippen LogP contribution in [0.15, 0.2) is 51.7 Å². The Hall–Kier alpha value is -3.39. The van der Waals surface area contributed by atoms with E-state index in [-0.39, 0.29) is 35.9 Å². The summed E-state index contributed by atoms with van der Waals surface area (Å²) in [5, 5.41) is 1.08. The number of pyridine rings is 1. The number of benzene rings is 1. The summed E-state index contributed by atoms with van der Waals surface area (Å²) >= 11 is 6.33. The topological polar surface area (TPSA) is 98.9 Å². The Morgan fingerprint density at radius 3 is 2.64 bits per heavy atom. The zero-order valence-electron chi connectivity index (χ0n) is 20.7. The first-order chi connectivity index (χ1) is 17.0. The molecule has 0 N–H and O–H groups in total. The highest BCUT2D eigenvalue weighted by molar-refractivity contribution is 6.33. The van der Waals surface area contributed by atoms with Crippen LogP contribution in [0.5, 0.6) is 5.88 Å². The number of halogens is 1. The Morgan fingerprint density at radius 2 is 1.92 bits per heavy atom. The minimum Gasteiger partial charge on any atom is -0.464 e. The molecule has 1 saturated heterocycles. The first-order valence-corrected chi connectivity index (χ1v) is 12.3. The van der Waals surface area contributed by atoms with Crippen LogP contribution in [0.4, 0.5) is 0 Å². The van der Waals surface area contributed by atoms with Crippen LogP contribution >= 0.6 is 11.6 Å². The van der Waals surface area contributed by atoms with Crippen molar-refractivity contribution in [3.8, 4) is 17.0 Å². The number of likely N-dealkylation sites (tertiary alicyclic amines) is 1. The van der Waals surface area contributed by atoms with Gasteiger partial charge >= 0.3 is 11.6 Å². The molecule has 0 spiro atoms. The highest BCUT2D eigenvalue weighted by Gasteiger charge is 2.33. The maximum atomic E-state index is 13.1. The summed E-state index contributed by atoms with van der Waals surface area (Å²) in [6.45, 7) is 7.91. The molecule has 0 aliphatic carbocycles. The number of aromatic nitrogens is 1. The van der Waals surface area contributed by atoms with Crippen LogP contribution in [0, 0.1) is 5.92 Å². The van der Waals surface area contributed by atoms with Crippen LogP contribution in [0.25, 0.3) is 22.2 Å². The number of nitrogens with zero attached hydrogens (tertiary/aromatic N) is 2. The molecule has 1 amide bonds. The van der Waals surface area contributed by atoms with Gasteiger partial charge in [-0.05, 0) is 52.7 Å². The molecular formula is C27H29ClN2O6. The van der Waals surface area contributed by atoms with Gasteiger partial charge in [0.1, 0.15) is 5.60 Å². The highest BCUT2D eigenvalue weighted by atomic mass is 35.5. The second-order valence-electron chi connectivity index (χ2n) is 9.88. The van der Waals surface area contributed by atoms with Gasteiger partial charge in [-0.2, -0.15) is 4.98 Å². The van der Waals surface area contributed by atoms with E-state index in [1.54, 1.807) is 36.1 Å². The lowest BCUT2D eigenvalue weighted by molar-refractivity contribution is -0.163. The zero-order chi connectivity index (χ0) is 26.0. The van der Waals surface area contributed by atoms with E-state index in [1.165, 1.54) is 6.07 Å². The fraction of sp³-hybridized carbons (Fsp3) is 0.407. The maximum Gasteiger partial charge on any atom is 0.338 e. The summed E-state index contributed by atoms with van der Waals surface area (Å²) in [5.74, 6) is -0.778. The number of piperidine rings is 1. The molecular weight excluding hydrogens is 484 g/mol. The molecule has 2 atom stereocenters. The normalized spacial score (nSPS) is 17.0. The van der Waals surface area contributed by atoms with Crippen LogP contribution in [-0.2, 0) is 14.3 Å². The van der Waals surface area contributed by atoms with Crippen LogP contribution in [0.1, 0.15) is 40.5 Å². The molecule has 36 heavy (non-hydrogen) atoms. The Kier molecular flexibility index (Phi) is 7.36. The van der Waals surface area contributed by atoms with Gasteiger partial charge in [0.25, 0.3) is 5.91 Å². The van der Waals surface area contributed by atoms with E-state index in [1.807, 2.05) is 32.9 Å². The molecule has 3 heterocycles. The first-order valence-electron chi connectivity index (χ1n) is 11.9. The number of rotatable bonds is 5. The van der Waals surface area contributed by atoms with Gasteiger partial charge in [-0.25, -0.2) is 4.79 Å². The van der Waals surface area contributed by atoms with Crippen molar-refractivity contribution >= 4 is 34.6 Å². The molecule has 9 heteroatoms. The van der Waals surface area contributed by atoms with Gasteiger partial charge in [0.2, 0.25) is 11.6 Å². The lowest BCUT2D eigenvalue weighted by atomic mass is 9.97. The van der Waals surface area contributed by atoms with Crippen molar-refractivity contribution in [3.05, 3.63) is 57.9 Å². The van der Waals surface area contributed by atoms with Crippen molar-refractivity contribution < 1.29 is 23.5 Å². The number of fused-ring (bicyclic) bond motifs is 1. The molecule has 1 fully saturated rings. The summed E-state index contributed by atoms with van der Waals surface area (Å²) in [5.41, 5.74) is 0.199. The second kappa shape index (κ2) is 10.3. The summed E-state index contributed by atoms with van der Waals surface area (Å²) in [4.78, 5) is 43.8. The molecule has 1 unspecified atom stereocenters. The molecule has 0 saturated carbocycles. The van der Waals surface area contributed by atoms with Gasteiger partial charge in [0.15, 0.2) is 6.10 Å². The molecule has 0 radical (unpaired) electrons. The first kappa shape index (κ1) is 25.7. The van der Waals surface area contributed by atoms with Crippen molar-refractivity contribution in [2.45, 2.75) is 52.2 Å². The van der Waals surface area contributed by atoms with Crippen molar-refractivity contribution in [2.24, 2.45) is 5.92 Å². The number of hydrogen-bond acceptors (Lipinski definition) is 7. The monoisotopic (exact) mass is 512 g/mol. The summed E-state index contributed by atoms with van der Waals surface area (Å²) in [6.07, 6.45) is 0.519. The third-order valence-corrected chi connectivity index (χ3v) is 6.20. The molecule has 4 rings (SSSR count). The van der Waals surface area contributed by atoms with E-state index in [9.17, 15) is 14.4 Å². The predicted molar refractivity (Wildman–Crippen MR) is 136 cm³/mol. The van der Waals surface area contributed by atoms with E-state index in [4.69, 9.17) is 25.5 Å². The Labute approximate surface area is 214 Å². The lowest BCUT2D eigenvalue weighted by Crippen LogP contribution is -2.48. The Balaban J connectivity index is 1.50. The van der Waals surface area contributed by atoms with Gasteiger partial charge in [-0.1, -0.05) is 29.8 Å². The highest BCUT2D eigenvalue weighted by Crippen LogP contribution is 2.32. The third-order valence-electron chi connectivity index (χ3n) is 5.87. The van der Waals surface area contributed by atoms with Crippen LogP contribution in [-0.4, -0.2) is 46.6 Å². The van der Waals surface area contributed by atoms with E-state index >= 15 is 0 Å². The number of carbonyl (C=O) groups excluding carboxylic acids is 2. The Bertz CT molecular complexity index is 1350. The quantitative estimate of drug-likeness (QED) is 0.450. The molecule has 0 bridgehead atoms. The minimum atomic E-state index is -0.856. The van der Waals surface area contributed by atoms with Crippen LogP contribution < -0.4 is 10.4 Å². The molecule has 8 nitrogen and oxygen atoms in total. The predicted octanol–water partition coefficient (Wildman–Crippen LogP) is 4.86.